The van der Waals surface area contributed by atoms with Gasteiger partial charge in [-0.2, -0.15) is 23.5 Å². The van der Waals surface area contributed by atoms with Crippen LogP contribution >= 0.6 is 23.5 Å². The number of carbonyl (C=O) groups excluding carboxylic acids is 1. The van der Waals surface area contributed by atoms with E-state index in [2.05, 4.69) is 16.7 Å². The van der Waals surface area contributed by atoms with Crippen LogP contribution in [0.25, 0.3) is 0 Å². The van der Waals surface area contributed by atoms with Gasteiger partial charge in [-0.3, -0.25) is 4.79 Å². The second-order valence-corrected chi connectivity index (χ2v) is 7.77. The van der Waals surface area contributed by atoms with Gasteiger partial charge in [0.05, 0.1) is 6.04 Å². The number of thioether (sulfide) groups is 2. The second-order valence-electron chi connectivity index (χ2n) is 5.21. The van der Waals surface area contributed by atoms with Gasteiger partial charge in [0.15, 0.2) is 0 Å². The summed E-state index contributed by atoms with van der Waals surface area (Å²) in [6, 6.07) is 8.04. The summed E-state index contributed by atoms with van der Waals surface area (Å²) in [6.07, 6.45) is 1.84. The van der Waals surface area contributed by atoms with Gasteiger partial charge in [-0.1, -0.05) is 18.2 Å². The number of carbonyl (C=O) groups is 1. The largest absolute Gasteiger partial charge is 0.324 e. The second kappa shape index (κ2) is 6.87. The third kappa shape index (κ3) is 3.51. The number of hydrogen-bond acceptors (Lipinski definition) is 4. The number of amides is 1. The van der Waals surface area contributed by atoms with Crippen molar-refractivity contribution in [3.8, 4) is 0 Å². The Morgan fingerprint density at radius 3 is 3.05 bits per heavy atom. The van der Waals surface area contributed by atoms with Crippen LogP contribution in [-0.2, 0) is 11.2 Å². The van der Waals surface area contributed by atoms with Crippen molar-refractivity contribution in [2.75, 3.05) is 29.1 Å². The molecule has 1 aromatic rings. The molecule has 2 N–H and O–H groups in total. The molecule has 5 heteroatoms. The van der Waals surface area contributed by atoms with Crippen LogP contribution in [-0.4, -0.2) is 41.0 Å². The number of hydrogen-bond donors (Lipinski definition) is 2. The molecule has 0 radical (unpaired) electrons. The SMILES string of the molecule is O=C1Nc2ccccc2CCC1NCC1CSCCS1. The van der Waals surface area contributed by atoms with E-state index in [-0.39, 0.29) is 11.9 Å². The predicted molar refractivity (Wildman–Crippen MR) is 88.8 cm³/mol. The molecular formula is C15H20N2OS2. The molecule has 2 unspecified atom stereocenters. The summed E-state index contributed by atoms with van der Waals surface area (Å²) in [6.45, 7) is 0.937. The molecule has 0 spiro atoms. The molecular weight excluding hydrogens is 288 g/mol. The fourth-order valence-electron chi connectivity index (χ4n) is 2.63. The number of fused-ring (bicyclic) bond motifs is 1. The van der Waals surface area contributed by atoms with Gasteiger partial charge >= 0.3 is 0 Å². The van der Waals surface area contributed by atoms with Crippen molar-refractivity contribution in [2.24, 2.45) is 0 Å². The fraction of sp³-hybridized carbons (Fsp3) is 0.533. The van der Waals surface area contributed by atoms with Crippen molar-refractivity contribution in [1.82, 2.24) is 5.32 Å². The Hall–Kier alpha value is -0.650. The lowest BCUT2D eigenvalue weighted by Gasteiger charge is -2.23. The smallest absolute Gasteiger partial charge is 0.241 e. The molecule has 3 rings (SSSR count). The minimum absolute atomic E-state index is 0.0603. The maximum Gasteiger partial charge on any atom is 0.241 e. The van der Waals surface area contributed by atoms with Crippen LogP contribution in [0.15, 0.2) is 24.3 Å². The summed E-state index contributed by atoms with van der Waals surface area (Å²) in [4.78, 5) is 12.3. The van der Waals surface area contributed by atoms with Gasteiger partial charge in [0, 0.05) is 34.7 Å². The fourth-order valence-corrected chi connectivity index (χ4v) is 5.26. The number of benzene rings is 1. The number of aryl methyl sites for hydroxylation is 1. The Balaban J connectivity index is 1.57. The highest BCUT2D eigenvalue weighted by atomic mass is 32.2. The molecule has 2 atom stereocenters. The average molecular weight is 308 g/mol. The summed E-state index contributed by atoms with van der Waals surface area (Å²) in [5.41, 5.74) is 2.22. The minimum Gasteiger partial charge on any atom is -0.324 e. The predicted octanol–water partition coefficient (Wildman–Crippen LogP) is 2.38. The van der Waals surface area contributed by atoms with E-state index in [1.54, 1.807) is 0 Å². The number of nitrogens with one attached hydrogen (secondary N) is 2. The first-order chi connectivity index (χ1) is 9.83. The van der Waals surface area contributed by atoms with Crippen molar-refractivity contribution in [1.29, 1.82) is 0 Å². The molecule has 20 heavy (non-hydrogen) atoms. The van der Waals surface area contributed by atoms with Crippen molar-refractivity contribution in [3.05, 3.63) is 29.8 Å². The Kier molecular flexibility index (Phi) is 4.91. The van der Waals surface area contributed by atoms with Crippen LogP contribution in [0.4, 0.5) is 5.69 Å². The monoisotopic (exact) mass is 308 g/mol. The van der Waals surface area contributed by atoms with E-state index in [0.717, 1.165) is 25.1 Å². The molecule has 2 heterocycles. The summed E-state index contributed by atoms with van der Waals surface area (Å²) in [5.74, 6) is 3.81. The van der Waals surface area contributed by atoms with Crippen LogP contribution in [0.5, 0.6) is 0 Å². The number of anilines is 1. The zero-order valence-corrected chi connectivity index (χ0v) is 13.1. The summed E-state index contributed by atoms with van der Waals surface area (Å²) in [7, 11) is 0. The van der Waals surface area contributed by atoms with Crippen LogP contribution in [0.2, 0.25) is 0 Å². The Morgan fingerprint density at radius 2 is 2.20 bits per heavy atom. The van der Waals surface area contributed by atoms with Crippen molar-refractivity contribution < 1.29 is 4.79 Å². The average Bonchev–Trinajstić information content (AvgIpc) is 2.65. The molecule has 0 aromatic heterocycles. The molecule has 108 valence electrons. The molecule has 3 nitrogen and oxygen atoms in total. The highest BCUT2D eigenvalue weighted by Crippen LogP contribution is 2.24. The van der Waals surface area contributed by atoms with Crippen molar-refractivity contribution in [2.45, 2.75) is 24.1 Å². The summed E-state index contributed by atoms with van der Waals surface area (Å²) in [5, 5.41) is 7.16. The minimum atomic E-state index is -0.0603. The van der Waals surface area contributed by atoms with Gasteiger partial charge < -0.3 is 10.6 Å². The lowest BCUT2D eigenvalue weighted by atomic mass is 10.1. The molecule has 1 saturated heterocycles. The van der Waals surface area contributed by atoms with E-state index < -0.39 is 0 Å². The zero-order valence-electron chi connectivity index (χ0n) is 11.4. The number of rotatable bonds is 3. The Bertz CT molecular complexity index is 475. The van der Waals surface area contributed by atoms with Crippen molar-refractivity contribution in [3.63, 3.8) is 0 Å². The van der Waals surface area contributed by atoms with E-state index in [9.17, 15) is 4.79 Å². The van der Waals surface area contributed by atoms with E-state index in [0.29, 0.717) is 5.25 Å². The molecule has 1 fully saturated rings. The lowest BCUT2D eigenvalue weighted by molar-refractivity contribution is -0.118. The first-order valence-electron chi connectivity index (χ1n) is 7.14. The van der Waals surface area contributed by atoms with Gasteiger partial charge in [0.25, 0.3) is 0 Å². The summed E-state index contributed by atoms with van der Waals surface area (Å²) >= 11 is 4.05. The van der Waals surface area contributed by atoms with Gasteiger partial charge in [0.1, 0.15) is 0 Å². The molecule has 0 aliphatic carbocycles. The van der Waals surface area contributed by atoms with Gasteiger partial charge in [-0.25, -0.2) is 0 Å². The quantitative estimate of drug-likeness (QED) is 0.899. The molecule has 1 aromatic carbocycles. The molecule has 2 aliphatic rings. The van der Waals surface area contributed by atoms with E-state index in [4.69, 9.17) is 0 Å². The lowest BCUT2D eigenvalue weighted by Crippen LogP contribution is -2.43. The molecule has 0 bridgehead atoms. The van der Waals surface area contributed by atoms with Crippen LogP contribution in [0, 0.1) is 0 Å². The highest BCUT2D eigenvalue weighted by Gasteiger charge is 2.24. The Labute approximate surface area is 128 Å². The third-order valence-corrected chi connectivity index (χ3v) is 6.62. The molecule has 0 saturated carbocycles. The first-order valence-corrected chi connectivity index (χ1v) is 9.35. The topological polar surface area (TPSA) is 41.1 Å². The van der Waals surface area contributed by atoms with E-state index in [1.165, 1.54) is 22.8 Å². The summed E-state index contributed by atoms with van der Waals surface area (Å²) < 4.78 is 0. The third-order valence-electron chi connectivity index (χ3n) is 3.77. The normalized spacial score (nSPS) is 26.5. The molecule has 1 amide bonds. The Morgan fingerprint density at radius 1 is 1.30 bits per heavy atom. The van der Waals surface area contributed by atoms with Crippen LogP contribution in [0.3, 0.4) is 0 Å². The van der Waals surface area contributed by atoms with Gasteiger partial charge in [0.2, 0.25) is 5.91 Å². The highest BCUT2D eigenvalue weighted by molar-refractivity contribution is 8.06. The first kappa shape index (κ1) is 14.3. The van der Waals surface area contributed by atoms with E-state index >= 15 is 0 Å². The number of para-hydroxylation sites is 1. The van der Waals surface area contributed by atoms with Crippen LogP contribution < -0.4 is 10.6 Å². The van der Waals surface area contributed by atoms with Crippen LogP contribution in [0.1, 0.15) is 12.0 Å². The van der Waals surface area contributed by atoms with Gasteiger partial charge in [-0.05, 0) is 24.5 Å². The van der Waals surface area contributed by atoms with Gasteiger partial charge in [-0.15, -0.1) is 0 Å². The maximum atomic E-state index is 12.3. The zero-order chi connectivity index (χ0) is 13.8. The molecule has 2 aliphatic heterocycles. The van der Waals surface area contributed by atoms with Crippen molar-refractivity contribution >= 4 is 35.1 Å². The maximum absolute atomic E-state index is 12.3. The van der Waals surface area contributed by atoms with E-state index in [1.807, 2.05) is 41.7 Å². The standard InChI is InChI=1S/C15H20N2OS2/c18-15-14(16-9-12-10-19-7-8-20-12)6-5-11-3-1-2-4-13(11)17-15/h1-4,12,14,16H,5-10H2,(H,17,18).